The minimum atomic E-state index is -1.13. The van der Waals surface area contributed by atoms with Crippen LogP contribution in [0.2, 0.25) is 0 Å². The maximum Gasteiger partial charge on any atom is 0.340 e. The lowest BCUT2D eigenvalue weighted by atomic mass is 9.94. The number of hydrogen-bond donors (Lipinski definition) is 1. The maximum atomic E-state index is 12.0. The fourth-order valence-corrected chi connectivity index (χ4v) is 2.71. The van der Waals surface area contributed by atoms with Gasteiger partial charge in [-0.2, -0.15) is 0 Å². The van der Waals surface area contributed by atoms with Gasteiger partial charge in [0.1, 0.15) is 0 Å². The molecule has 0 spiro atoms. The van der Waals surface area contributed by atoms with Gasteiger partial charge in [-0.05, 0) is 24.5 Å². The number of ether oxygens (including phenoxy) is 3. The third kappa shape index (κ3) is 3.13. The highest BCUT2D eigenvalue weighted by Gasteiger charge is 2.31. The predicted octanol–water partition coefficient (Wildman–Crippen LogP) is 2.47. The number of carbonyl (C=O) groups is 1. The van der Waals surface area contributed by atoms with Crippen LogP contribution in [0.15, 0.2) is 6.07 Å². The molecule has 5 heteroatoms. The fraction of sp³-hybridized carbons (Fsp3) is 0.562. The monoisotopic (exact) mass is 294 g/mol. The van der Waals surface area contributed by atoms with Crippen molar-refractivity contribution in [3.8, 4) is 11.5 Å². The van der Waals surface area contributed by atoms with Gasteiger partial charge in [-0.3, -0.25) is 0 Å². The number of aryl methyl sites for hydroxylation is 1. The summed E-state index contributed by atoms with van der Waals surface area (Å²) in [6.45, 7) is 2.14. The molecular weight excluding hydrogens is 272 g/mol. The van der Waals surface area contributed by atoms with Crippen molar-refractivity contribution >= 4 is 5.97 Å². The molecule has 1 aliphatic heterocycles. The first kappa shape index (κ1) is 15.6. The lowest BCUT2D eigenvalue weighted by molar-refractivity contribution is -0.0691. The van der Waals surface area contributed by atoms with Crippen molar-refractivity contribution in [1.29, 1.82) is 0 Å². The van der Waals surface area contributed by atoms with Crippen molar-refractivity contribution in [2.45, 2.75) is 45.3 Å². The molecule has 0 saturated carbocycles. The molecule has 21 heavy (non-hydrogen) atoms. The molecule has 1 N–H and O–H groups in total. The van der Waals surface area contributed by atoms with Gasteiger partial charge in [-0.15, -0.1) is 0 Å². The number of aliphatic hydroxyl groups is 1. The second-order valence-corrected chi connectivity index (χ2v) is 5.15. The molecular formula is C16H22O5. The SMILES string of the molecule is CCCCCc1cc2c(c(OC)c1OC)CC(O)OC2=O. The molecule has 1 aromatic carbocycles. The van der Waals surface area contributed by atoms with E-state index in [0.717, 1.165) is 31.2 Å². The minimum absolute atomic E-state index is 0.218. The topological polar surface area (TPSA) is 65.0 Å². The van der Waals surface area contributed by atoms with E-state index in [1.54, 1.807) is 20.3 Å². The summed E-state index contributed by atoms with van der Waals surface area (Å²) in [6, 6.07) is 1.81. The van der Waals surface area contributed by atoms with Gasteiger partial charge in [0.25, 0.3) is 0 Å². The molecule has 1 atom stereocenters. The highest BCUT2D eigenvalue weighted by Crippen LogP contribution is 2.40. The Balaban J connectivity index is 2.47. The van der Waals surface area contributed by atoms with Crippen LogP contribution in [0.3, 0.4) is 0 Å². The Hall–Kier alpha value is -1.75. The molecule has 2 rings (SSSR count). The molecule has 0 fully saturated rings. The zero-order chi connectivity index (χ0) is 15.4. The number of hydrogen-bond acceptors (Lipinski definition) is 5. The van der Waals surface area contributed by atoms with Crippen LogP contribution >= 0.6 is 0 Å². The van der Waals surface area contributed by atoms with E-state index >= 15 is 0 Å². The molecule has 1 heterocycles. The number of unbranched alkanes of at least 4 members (excludes halogenated alkanes) is 2. The van der Waals surface area contributed by atoms with Crippen molar-refractivity contribution in [1.82, 2.24) is 0 Å². The fourth-order valence-electron chi connectivity index (χ4n) is 2.71. The van der Waals surface area contributed by atoms with Gasteiger partial charge in [-0.1, -0.05) is 19.8 Å². The van der Waals surface area contributed by atoms with Crippen LogP contribution in [0.25, 0.3) is 0 Å². The van der Waals surface area contributed by atoms with Crippen molar-refractivity contribution in [3.63, 3.8) is 0 Å². The van der Waals surface area contributed by atoms with Crippen molar-refractivity contribution in [2.24, 2.45) is 0 Å². The van der Waals surface area contributed by atoms with Gasteiger partial charge in [0.15, 0.2) is 11.5 Å². The zero-order valence-corrected chi connectivity index (χ0v) is 12.8. The third-order valence-corrected chi connectivity index (χ3v) is 3.72. The molecule has 5 nitrogen and oxygen atoms in total. The summed E-state index contributed by atoms with van der Waals surface area (Å²) in [5.41, 5.74) is 2.05. The molecule has 0 aliphatic carbocycles. The van der Waals surface area contributed by atoms with Crippen LogP contribution in [0, 0.1) is 0 Å². The Bertz CT molecular complexity index is 524. The highest BCUT2D eigenvalue weighted by molar-refractivity contribution is 5.94. The van der Waals surface area contributed by atoms with Crippen molar-refractivity contribution in [2.75, 3.05) is 14.2 Å². The number of aliphatic hydroxyl groups excluding tert-OH is 1. The van der Waals surface area contributed by atoms with E-state index in [1.807, 2.05) is 0 Å². The lowest BCUT2D eigenvalue weighted by Gasteiger charge is -2.25. The van der Waals surface area contributed by atoms with Gasteiger partial charge in [-0.25, -0.2) is 4.79 Å². The van der Waals surface area contributed by atoms with Gasteiger partial charge >= 0.3 is 5.97 Å². The second kappa shape index (κ2) is 6.80. The van der Waals surface area contributed by atoms with Gasteiger partial charge < -0.3 is 19.3 Å². The van der Waals surface area contributed by atoms with Crippen LogP contribution in [0.5, 0.6) is 11.5 Å². The molecule has 0 bridgehead atoms. The molecule has 116 valence electrons. The van der Waals surface area contributed by atoms with Crippen LogP contribution < -0.4 is 9.47 Å². The Morgan fingerprint density at radius 2 is 2.00 bits per heavy atom. The summed E-state index contributed by atoms with van der Waals surface area (Å²) in [5, 5.41) is 9.61. The molecule has 1 unspecified atom stereocenters. The van der Waals surface area contributed by atoms with E-state index < -0.39 is 12.3 Å². The Kier molecular flexibility index (Phi) is 5.07. The number of carbonyl (C=O) groups excluding carboxylic acids is 1. The first-order valence-electron chi connectivity index (χ1n) is 7.28. The summed E-state index contributed by atoms with van der Waals surface area (Å²) in [4.78, 5) is 12.0. The highest BCUT2D eigenvalue weighted by atomic mass is 16.6. The Morgan fingerprint density at radius 3 is 2.62 bits per heavy atom. The molecule has 1 aliphatic rings. The number of fused-ring (bicyclic) bond motifs is 1. The number of esters is 1. The smallest absolute Gasteiger partial charge is 0.340 e. The first-order chi connectivity index (χ1) is 10.1. The van der Waals surface area contributed by atoms with E-state index in [0.29, 0.717) is 22.6 Å². The van der Waals surface area contributed by atoms with E-state index in [4.69, 9.17) is 14.2 Å². The second-order valence-electron chi connectivity index (χ2n) is 5.15. The number of cyclic esters (lactones) is 1. The van der Waals surface area contributed by atoms with Crippen molar-refractivity contribution < 1.29 is 24.1 Å². The van der Waals surface area contributed by atoms with Crippen molar-refractivity contribution in [3.05, 3.63) is 22.8 Å². The average molecular weight is 294 g/mol. The third-order valence-electron chi connectivity index (χ3n) is 3.72. The minimum Gasteiger partial charge on any atom is -0.493 e. The van der Waals surface area contributed by atoms with Gasteiger partial charge in [0, 0.05) is 12.0 Å². The van der Waals surface area contributed by atoms with E-state index in [1.165, 1.54) is 0 Å². The predicted molar refractivity (Wildman–Crippen MR) is 77.9 cm³/mol. The largest absolute Gasteiger partial charge is 0.493 e. The number of methoxy groups -OCH3 is 2. The molecule has 1 aromatic rings. The first-order valence-corrected chi connectivity index (χ1v) is 7.28. The molecule has 0 saturated heterocycles. The summed E-state index contributed by atoms with van der Waals surface area (Å²) in [6.07, 6.45) is 3.16. The average Bonchev–Trinajstić information content (AvgIpc) is 2.46. The Morgan fingerprint density at radius 1 is 1.29 bits per heavy atom. The summed E-state index contributed by atoms with van der Waals surface area (Å²) in [5.74, 6) is 0.660. The van der Waals surface area contributed by atoms with Crippen LogP contribution in [0.4, 0.5) is 0 Å². The molecule has 0 amide bonds. The van der Waals surface area contributed by atoms with E-state index in [9.17, 15) is 9.90 Å². The standard InChI is InChI=1S/C16H22O5/c1-4-5-6-7-10-8-12-11(9-13(17)21-16(12)18)15(20-3)14(10)19-2/h8,13,17H,4-7,9H2,1-3H3. The maximum absolute atomic E-state index is 12.0. The van der Waals surface area contributed by atoms with Crippen LogP contribution in [-0.4, -0.2) is 31.6 Å². The van der Waals surface area contributed by atoms with E-state index in [-0.39, 0.29) is 6.42 Å². The molecule has 0 radical (unpaired) electrons. The lowest BCUT2D eigenvalue weighted by Crippen LogP contribution is -2.28. The Labute approximate surface area is 124 Å². The van der Waals surface area contributed by atoms with Crippen LogP contribution in [-0.2, 0) is 17.6 Å². The van der Waals surface area contributed by atoms with Gasteiger partial charge in [0.05, 0.1) is 19.8 Å². The molecule has 0 aromatic heterocycles. The van der Waals surface area contributed by atoms with Crippen LogP contribution in [0.1, 0.15) is 47.7 Å². The normalized spacial score (nSPS) is 17.1. The van der Waals surface area contributed by atoms with E-state index in [2.05, 4.69) is 6.92 Å². The summed E-state index contributed by atoms with van der Waals surface area (Å²) >= 11 is 0. The summed E-state index contributed by atoms with van der Waals surface area (Å²) in [7, 11) is 3.13. The zero-order valence-electron chi connectivity index (χ0n) is 12.8. The van der Waals surface area contributed by atoms with Gasteiger partial charge in [0.2, 0.25) is 6.29 Å². The number of rotatable bonds is 6. The number of benzene rings is 1. The quantitative estimate of drug-likeness (QED) is 0.645. The summed E-state index contributed by atoms with van der Waals surface area (Å²) < 4.78 is 15.8.